The van der Waals surface area contributed by atoms with Crippen LogP contribution >= 0.6 is 0 Å². The van der Waals surface area contributed by atoms with Crippen molar-refractivity contribution in [2.45, 2.75) is 18.9 Å². The van der Waals surface area contributed by atoms with E-state index in [9.17, 15) is 18.0 Å². The molecule has 128 valence electrons. The van der Waals surface area contributed by atoms with Gasteiger partial charge in [0.15, 0.2) is 15.9 Å². The van der Waals surface area contributed by atoms with Crippen molar-refractivity contribution in [1.82, 2.24) is 5.32 Å². The molecule has 2 N–H and O–H groups in total. The number of carbonyl (C=O) groups excluding carboxylic acids is 1. The number of benzene rings is 1. The highest BCUT2D eigenvalue weighted by Crippen LogP contribution is 2.04. The number of methoxy groups -OCH3 is 1. The Morgan fingerprint density at radius 1 is 1.26 bits per heavy atom. The number of amides is 1. The van der Waals surface area contributed by atoms with Crippen LogP contribution in [0.25, 0.3) is 0 Å². The predicted molar refractivity (Wildman–Crippen MR) is 84.9 cm³/mol. The average molecular weight is 343 g/mol. The Hall–Kier alpha value is -1.93. The van der Waals surface area contributed by atoms with E-state index in [0.29, 0.717) is 12.8 Å². The molecule has 0 aliphatic rings. The number of ether oxygens (including phenoxy) is 1. The minimum atomic E-state index is -3.58. The van der Waals surface area contributed by atoms with E-state index in [2.05, 4.69) is 10.1 Å². The molecule has 1 unspecified atom stereocenters. The number of carboxylic acids is 1. The van der Waals surface area contributed by atoms with Gasteiger partial charge in [-0.2, -0.15) is 0 Å². The molecule has 1 atom stereocenters. The molecule has 0 saturated carbocycles. The number of carboxylic acid groups (broad SMARTS) is 1. The maximum Gasteiger partial charge on any atom is 0.328 e. The van der Waals surface area contributed by atoms with E-state index in [1.807, 2.05) is 30.3 Å². The first-order chi connectivity index (χ1) is 10.8. The summed E-state index contributed by atoms with van der Waals surface area (Å²) in [6.07, 6.45) is 1.00. The number of hydrogen-bond donors (Lipinski definition) is 2. The van der Waals surface area contributed by atoms with Crippen molar-refractivity contribution in [2.24, 2.45) is 0 Å². The van der Waals surface area contributed by atoms with E-state index >= 15 is 0 Å². The Morgan fingerprint density at radius 2 is 1.91 bits per heavy atom. The minimum absolute atomic E-state index is 0.128. The second-order valence-electron chi connectivity index (χ2n) is 5.09. The van der Waals surface area contributed by atoms with Crippen molar-refractivity contribution in [3.63, 3.8) is 0 Å². The Morgan fingerprint density at radius 3 is 2.48 bits per heavy atom. The molecule has 23 heavy (non-hydrogen) atoms. The second-order valence-corrected chi connectivity index (χ2v) is 7.28. The van der Waals surface area contributed by atoms with Crippen LogP contribution in [-0.2, 0) is 30.6 Å². The summed E-state index contributed by atoms with van der Waals surface area (Å²) in [4.78, 5) is 22.5. The van der Waals surface area contributed by atoms with Gasteiger partial charge in [-0.25, -0.2) is 13.2 Å². The third-order valence-electron chi connectivity index (χ3n) is 3.08. The van der Waals surface area contributed by atoms with Gasteiger partial charge in [-0.1, -0.05) is 30.3 Å². The predicted octanol–water partition coefficient (Wildman–Crippen LogP) is 0.250. The molecule has 7 nitrogen and oxygen atoms in total. The summed E-state index contributed by atoms with van der Waals surface area (Å²) in [7, 11) is -2.29. The van der Waals surface area contributed by atoms with Crippen molar-refractivity contribution in [3.8, 4) is 0 Å². The van der Waals surface area contributed by atoms with Crippen LogP contribution in [0, 0.1) is 0 Å². The van der Waals surface area contributed by atoms with Gasteiger partial charge in [-0.05, 0) is 18.4 Å². The lowest BCUT2D eigenvalue weighted by Gasteiger charge is -2.13. The van der Waals surface area contributed by atoms with Crippen LogP contribution in [0.2, 0.25) is 0 Å². The quantitative estimate of drug-likeness (QED) is 0.630. The Labute approximate surface area is 135 Å². The smallest absolute Gasteiger partial charge is 0.328 e. The molecule has 0 aromatic heterocycles. The van der Waals surface area contributed by atoms with Gasteiger partial charge in [-0.3, -0.25) is 4.79 Å². The van der Waals surface area contributed by atoms with Crippen LogP contribution in [-0.4, -0.2) is 56.7 Å². The SMILES string of the molecule is COCC(NC(=O)CS(=O)(=O)CCCc1ccccc1)C(=O)O. The number of nitrogens with one attached hydrogen (secondary N) is 1. The van der Waals surface area contributed by atoms with Crippen LogP contribution in [0.15, 0.2) is 30.3 Å². The van der Waals surface area contributed by atoms with E-state index in [-0.39, 0.29) is 12.4 Å². The first-order valence-corrected chi connectivity index (χ1v) is 8.91. The van der Waals surface area contributed by atoms with Gasteiger partial charge in [0.25, 0.3) is 0 Å². The van der Waals surface area contributed by atoms with Crippen LogP contribution in [0.5, 0.6) is 0 Å². The minimum Gasteiger partial charge on any atom is -0.480 e. The van der Waals surface area contributed by atoms with Crippen molar-refractivity contribution in [3.05, 3.63) is 35.9 Å². The normalized spacial score (nSPS) is 12.6. The molecule has 0 aliphatic carbocycles. The molecule has 0 heterocycles. The monoisotopic (exact) mass is 343 g/mol. The van der Waals surface area contributed by atoms with Gasteiger partial charge in [0, 0.05) is 7.11 Å². The Bertz CT molecular complexity index is 614. The fraction of sp³-hybridized carbons (Fsp3) is 0.467. The molecule has 1 rings (SSSR count). The summed E-state index contributed by atoms with van der Waals surface area (Å²) in [5.41, 5.74) is 1.03. The highest BCUT2D eigenvalue weighted by molar-refractivity contribution is 7.92. The van der Waals surface area contributed by atoms with E-state index in [4.69, 9.17) is 5.11 Å². The highest BCUT2D eigenvalue weighted by Gasteiger charge is 2.23. The molecule has 0 fully saturated rings. The van der Waals surface area contributed by atoms with E-state index in [1.54, 1.807) is 0 Å². The molecule has 0 saturated heterocycles. The molecule has 0 spiro atoms. The third-order valence-corrected chi connectivity index (χ3v) is 4.69. The zero-order chi connectivity index (χ0) is 17.3. The number of hydrogen-bond acceptors (Lipinski definition) is 5. The summed E-state index contributed by atoms with van der Waals surface area (Å²) >= 11 is 0. The summed E-state index contributed by atoms with van der Waals surface area (Å²) in [6.45, 7) is -0.227. The number of rotatable bonds is 10. The zero-order valence-corrected chi connectivity index (χ0v) is 13.7. The first-order valence-electron chi connectivity index (χ1n) is 7.09. The molecular weight excluding hydrogens is 322 g/mol. The average Bonchev–Trinajstić information content (AvgIpc) is 2.47. The maximum absolute atomic E-state index is 11.9. The lowest BCUT2D eigenvalue weighted by Crippen LogP contribution is -2.46. The first kappa shape index (κ1) is 19.1. The van der Waals surface area contributed by atoms with Crippen molar-refractivity contribution in [2.75, 3.05) is 25.2 Å². The number of sulfone groups is 1. The third kappa shape index (κ3) is 7.75. The van der Waals surface area contributed by atoms with Crippen molar-refractivity contribution >= 4 is 21.7 Å². The van der Waals surface area contributed by atoms with E-state index in [1.165, 1.54) is 7.11 Å². The lowest BCUT2D eigenvalue weighted by molar-refractivity contribution is -0.143. The molecule has 0 aliphatic heterocycles. The van der Waals surface area contributed by atoms with Crippen molar-refractivity contribution in [1.29, 1.82) is 0 Å². The maximum atomic E-state index is 11.9. The van der Waals surface area contributed by atoms with Gasteiger partial charge >= 0.3 is 5.97 Å². The highest BCUT2D eigenvalue weighted by atomic mass is 32.2. The van der Waals surface area contributed by atoms with Crippen LogP contribution in [0.1, 0.15) is 12.0 Å². The standard InChI is InChI=1S/C15H21NO6S/c1-22-10-13(15(18)19)16-14(17)11-23(20,21)9-5-8-12-6-3-2-4-7-12/h2-4,6-7,13H,5,8-11H2,1H3,(H,16,17)(H,18,19). The number of carbonyl (C=O) groups is 2. The molecular formula is C15H21NO6S. The second kappa shape index (κ2) is 9.26. The molecule has 1 aromatic rings. The van der Waals surface area contributed by atoms with Crippen LogP contribution in [0.3, 0.4) is 0 Å². The van der Waals surface area contributed by atoms with Gasteiger partial charge in [-0.15, -0.1) is 0 Å². The molecule has 8 heteroatoms. The van der Waals surface area contributed by atoms with Crippen LogP contribution < -0.4 is 5.32 Å². The van der Waals surface area contributed by atoms with Gasteiger partial charge in [0.2, 0.25) is 5.91 Å². The summed E-state index contributed by atoms with van der Waals surface area (Å²) in [5.74, 6) is -2.97. The molecule has 0 bridgehead atoms. The van der Waals surface area contributed by atoms with Gasteiger partial charge in [0.1, 0.15) is 5.75 Å². The van der Waals surface area contributed by atoms with E-state index in [0.717, 1.165) is 5.56 Å². The topological polar surface area (TPSA) is 110 Å². The molecule has 1 aromatic carbocycles. The zero-order valence-electron chi connectivity index (χ0n) is 12.9. The lowest BCUT2D eigenvalue weighted by atomic mass is 10.1. The number of aryl methyl sites for hydroxylation is 1. The van der Waals surface area contributed by atoms with Crippen molar-refractivity contribution < 1.29 is 27.9 Å². The fourth-order valence-electron chi connectivity index (χ4n) is 1.99. The molecule has 0 radical (unpaired) electrons. The largest absolute Gasteiger partial charge is 0.480 e. The van der Waals surface area contributed by atoms with Crippen LogP contribution in [0.4, 0.5) is 0 Å². The molecule has 1 amide bonds. The Kier molecular flexibility index (Phi) is 7.70. The summed E-state index contributed by atoms with van der Waals surface area (Å²) < 4.78 is 28.5. The summed E-state index contributed by atoms with van der Waals surface area (Å²) in [5, 5.41) is 11.0. The van der Waals surface area contributed by atoms with Gasteiger partial charge < -0.3 is 15.2 Å². The summed E-state index contributed by atoms with van der Waals surface area (Å²) in [6, 6.07) is 8.18. The van der Waals surface area contributed by atoms with Gasteiger partial charge in [0.05, 0.1) is 12.4 Å². The fourth-order valence-corrected chi connectivity index (χ4v) is 3.20. The number of aliphatic carboxylic acids is 1. The van der Waals surface area contributed by atoms with E-state index < -0.39 is 33.5 Å². The Balaban J connectivity index is 2.44.